The van der Waals surface area contributed by atoms with Crippen LogP contribution in [0.1, 0.15) is 6.92 Å². The second-order valence-electron chi connectivity index (χ2n) is 5.49. The van der Waals surface area contributed by atoms with E-state index in [-0.39, 0.29) is 27.7 Å². The number of aromatic nitrogens is 1. The highest BCUT2D eigenvalue weighted by Gasteiger charge is 2.23. The van der Waals surface area contributed by atoms with E-state index in [0.717, 1.165) is 19.1 Å². The van der Waals surface area contributed by atoms with Gasteiger partial charge in [0.1, 0.15) is 5.69 Å². The van der Waals surface area contributed by atoms with E-state index in [1.54, 1.807) is 0 Å². The van der Waals surface area contributed by atoms with E-state index in [1.807, 2.05) is 0 Å². The van der Waals surface area contributed by atoms with Gasteiger partial charge in [0, 0.05) is 12.5 Å². The molecule has 0 bridgehead atoms. The topological polar surface area (TPSA) is 112 Å². The summed E-state index contributed by atoms with van der Waals surface area (Å²) in [6, 6.07) is 8.36. The number of sulfonamides is 1. The van der Waals surface area contributed by atoms with Crippen LogP contribution in [0.25, 0.3) is 22.4 Å². The summed E-state index contributed by atoms with van der Waals surface area (Å²) in [5.41, 5.74) is 0.770. The Morgan fingerprint density at radius 1 is 1.07 bits per heavy atom. The first-order valence-electron chi connectivity index (χ1n) is 7.43. The summed E-state index contributed by atoms with van der Waals surface area (Å²) in [4.78, 5) is 11.2. The molecule has 0 fully saturated rings. The molecule has 0 unspecified atom stereocenters. The molecule has 0 radical (unpaired) electrons. The van der Waals surface area contributed by atoms with E-state index >= 15 is 0 Å². The van der Waals surface area contributed by atoms with E-state index in [4.69, 9.17) is 14.4 Å². The number of hydrogen-bond acceptors (Lipinski definition) is 6. The maximum atomic E-state index is 13.6. The predicted molar refractivity (Wildman–Crippen MR) is 90.0 cm³/mol. The molecule has 2 N–H and O–H groups in total. The maximum absolute atomic E-state index is 13.6. The summed E-state index contributed by atoms with van der Waals surface area (Å²) in [7, 11) is -3.91. The van der Waals surface area contributed by atoms with Crippen LogP contribution in [-0.4, -0.2) is 19.5 Å². The van der Waals surface area contributed by atoms with Crippen LogP contribution in [0.4, 0.5) is 8.78 Å². The third-order valence-electron chi connectivity index (χ3n) is 3.56. The van der Waals surface area contributed by atoms with E-state index in [9.17, 15) is 22.0 Å². The Kier molecular flexibility index (Phi) is 4.77. The average molecular weight is 394 g/mol. The first-order chi connectivity index (χ1) is 12.7. The fourth-order valence-electron chi connectivity index (χ4n) is 2.38. The van der Waals surface area contributed by atoms with E-state index < -0.39 is 27.6 Å². The molecule has 7 nitrogen and oxygen atoms in total. The van der Waals surface area contributed by atoms with Gasteiger partial charge in [0.25, 0.3) is 0 Å². The van der Waals surface area contributed by atoms with Crippen molar-refractivity contribution in [1.29, 1.82) is 0 Å². The third kappa shape index (κ3) is 3.86. The first kappa shape index (κ1) is 18.7. The summed E-state index contributed by atoms with van der Waals surface area (Å²) in [5.74, 6) is -3.10. The number of esters is 1. The smallest absolute Gasteiger partial charge is 0.327 e. The van der Waals surface area contributed by atoms with Crippen LogP contribution >= 0.6 is 0 Å². The van der Waals surface area contributed by atoms with Gasteiger partial charge in [-0.1, -0.05) is 17.3 Å². The minimum absolute atomic E-state index is 0.0773. The molecule has 0 aliphatic carbocycles. The van der Waals surface area contributed by atoms with E-state index in [2.05, 4.69) is 5.16 Å². The number of ether oxygens (including phenoxy) is 1. The van der Waals surface area contributed by atoms with Crippen LogP contribution in [0.15, 0.2) is 51.9 Å². The normalized spacial score (nSPS) is 11.4. The highest BCUT2D eigenvalue weighted by atomic mass is 32.2. The average Bonchev–Trinajstić information content (AvgIpc) is 2.99. The number of nitrogens with zero attached hydrogens (tertiary/aromatic N) is 1. The number of nitrogens with two attached hydrogens (primary N) is 1. The predicted octanol–water partition coefficient (Wildman–Crippen LogP) is 2.86. The van der Waals surface area contributed by atoms with Gasteiger partial charge in [-0.2, -0.15) is 0 Å². The van der Waals surface area contributed by atoms with Crippen LogP contribution < -0.4 is 9.88 Å². The zero-order chi connectivity index (χ0) is 19.8. The number of halogens is 2. The van der Waals surface area contributed by atoms with Crippen molar-refractivity contribution in [1.82, 2.24) is 5.16 Å². The monoisotopic (exact) mass is 394 g/mol. The van der Waals surface area contributed by atoms with Gasteiger partial charge in [0.15, 0.2) is 11.6 Å². The van der Waals surface area contributed by atoms with Crippen molar-refractivity contribution in [3.05, 3.63) is 54.1 Å². The standard InChI is InChI=1S/C17H12F2N2O5S/c1-9(22)25-17-15(10-2-5-12(6-3-10)27(20,23)24)16(21-26-17)11-4-7-13(18)14(19)8-11/h2-8H,1H3,(H2,20,23,24). The lowest BCUT2D eigenvalue weighted by molar-refractivity contribution is -0.133. The lowest BCUT2D eigenvalue weighted by atomic mass is 10.0. The Hall–Kier alpha value is -3.11. The van der Waals surface area contributed by atoms with Gasteiger partial charge in [-0.25, -0.2) is 22.3 Å². The molecule has 10 heteroatoms. The lowest BCUT2D eigenvalue weighted by Crippen LogP contribution is -2.11. The summed E-state index contributed by atoms with van der Waals surface area (Å²) >= 11 is 0. The molecule has 1 heterocycles. The van der Waals surface area contributed by atoms with Crippen LogP contribution in [0, 0.1) is 11.6 Å². The molecule has 1 aromatic heterocycles. The molecule has 0 spiro atoms. The van der Waals surface area contributed by atoms with Crippen LogP contribution in [-0.2, 0) is 14.8 Å². The van der Waals surface area contributed by atoms with E-state index in [1.165, 1.54) is 30.3 Å². The molecule has 140 valence electrons. The van der Waals surface area contributed by atoms with Crippen molar-refractivity contribution >= 4 is 16.0 Å². The first-order valence-corrected chi connectivity index (χ1v) is 8.98. The maximum Gasteiger partial charge on any atom is 0.327 e. The Morgan fingerprint density at radius 3 is 2.26 bits per heavy atom. The van der Waals surface area contributed by atoms with Gasteiger partial charge in [-0.15, -0.1) is 0 Å². The summed E-state index contributed by atoms with van der Waals surface area (Å²) in [6.07, 6.45) is 0. The van der Waals surface area contributed by atoms with Gasteiger partial charge < -0.3 is 9.26 Å². The van der Waals surface area contributed by atoms with Gasteiger partial charge in [0.2, 0.25) is 10.0 Å². The molecular weight excluding hydrogens is 382 g/mol. The zero-order valence-corrected chi connectivity index (χ0v) is 14.6. The van der Waals surface area contributed by atoms with Gasteiger partial charge in [-0.05, 0) is 35.9 Å². The second-order valence-corrected chi connectivity index (χ2v) is 7.05. The molecule has 0 atom stereocenters. The van der Waals surface area contributed by atoms with E-state index in [0.29, 0.717) is 5.56 Å². The number of rotatable bonds is 4. The number of benzene rings is 2. The summed E-state index contributed by atoms with van der Waals surface area (Å²) in [5, 5.41) is 8.84. The van der Waals surface area contributed by atoms with Gasteiger partial charge in [0.05, 0.1) is 10.5 Å². The molecule has 0 saturated carbocycles. The zero-order valence-electron chi connectivity index (χ0n) is 13.8. The minimum Gasteiger partial charge on any atom is -0.391 e. The number of hydrogen-bond donors (Lipinski definition) is 1. The van der Waals surface area contributed by atoms with Crippen LogP contribution in [0.5, 0.6) is 5.95 Å². The van der Waals surface area contributed by atoms with Gasteiger partial charge >= 0.3 is 11.9 Å². The number of carbonyl (C=O) groups excluding carboxylic acids is 1. The highest BCUT2D eigenvalue weighted by Crippen LogP contribution is 2.39. The van der Waals surface area contributed by atoms with Crippen LogP contribution in [0.2, 0.25) is 0 Å². The molecule has 3 rings (SSSR count). The molecule has 0 aliphatic rings. The quantitative estimate of drug-likeness (QED) is 0.681. The summed E-state index contributed by atoms with van der Waals surface area (Å²) < 4.78 is 59.6. The number of carbonyl (C=O) groups is 1. The number of primary sulfonamides is 1. The Bertz CT molecular complexity index is 1120. The van der Waals surface area contributed by atoms with Crippen molar-refractivity contribution in [2.24, 2.45) is 5.14 Å². The van der Waals surface area contributed by atoms with Crippen molar-refractivity contribution in [3.8, 4) is 28.3 Å². The minimum atomic E-state index is -3.91. The third-order valence-corrected chi connectivity index (χ3v) is 4.49. The molecule has 0 amide bonds. The van der Waals surface area contributed by atoms with Crippen molar-refractivity contribution in [2.75, 3.05) is 0 Å². The fraction of sp³-hybridized carbons (Fsp3) is 0.0588. The van der Waals surface area contributed by atoms with Crippen molar-refractivity contribution in [2.45, 2.75) is 11.8 Å². The van der Waals surface area contributed by atoms with Crippen LogP contribution in [0.3, 0.4) is 0 Å². The second kappa shape index (κ2) is 6.89. The fourth-order valence-corrected chi connectivity index (χ4v) is 2.90. The molecule has 3 aromatic rings. The highest BCUT2D eigenvalue weighted by molar-refractivity contribution is 7.89. The molecule has 2 aromatic carbocycles. The Labute approximate surface area is 152 Å². The lowest BCUT2D eigenvalue weighted by Gasteiger charge is -2.06. The largest absolute Gasteiger partial charge is 0.391 e. The molecule has 0 saturated heterocycles. The Balaban J connectivity index is 2.18. The Morgan fingerprint density at radius 2 is 1.70 bits per heavy atom. The molecular formula is C17H12F2N2O5S. The molecule has 0 aliphatic heterocycles. The van der Waals surface area contributed by atoms with Gasteiger partial charge in [-0.3, -0.25) is 4.79 Å². The van der Waals surface area contributed by atoms with Crippen molar-refractivity contribution < 1.29 is 31.3 Å². The molecule has 27 heavy (non-hydrogen) atoms. The van der Waals surface area contributed by atoms with Crippen molar-refractivity contribution in [3.63, 3.8) is 0 Å². The SMILES string of the molecule is CC(=O)Oc1onc(-c2ccc(F)c(F)c2)c1-c1ccc(S(N)(=O)=O)cc1. The summed E-state index contributed by atoms with van der Waals surface area (Å²) in [6.45, 7) is 1.15.